The van der Waals surface area contributed by atoms with E-state index in [4.69, 9.17) is 5.73 Å². The van der Waals surface area contributed by atoms with Gasteiger partial charge in [0, 0.05) is 5.54 Å². The van der Waals surface area contributed by atoms with Gasteiger partial charge in [0.15, 0.2) is 0 Å². The third kappa shape index (κ3) is 4.14. The summed E-state index contributed by atoms with van der Waals surface area (Å²) in [6, 6.07) is 4.01. The van der Waals surface area contributed by atoms with Crippen molar-refractivity contribution in [2.45, 2.75) is 45.6 Å². The molecule has 0 fully saturated rings. The molecule has 0 unspecified atom stereocenters. The average Bonchev–Trinajstić information content (AvgIpc) is 2.21. The van der Waals surface area contributed by atoms with Crippen LogP contribution in [-0.2, 0) is 6.42 Å². The molecule has 1 aromatic rings. The number of nitrogens with zero attached hydrogens (tertiary/aromatic N) is 2. The van der Waals surface area contributed by atoms with E-state index in [-0.39, 0.29) is 5.54 Å². The highest BCUT2D eigenvalue weighted by molar-refractivity contribution is 5.36. The molecule has 0 saturated heterocycles. The van der Waals surface area contributed by atoms with E-state index in [0.29, 0.717) is 6.54 Å². The molecule has 0 aromatic carbocycles. The lowest BCUT2D eigenvalue weighted by Crippen LogP contribution is -2.33. The zero-order valence-corrected chi connectivity index (χ0v) is 10.5. The molecule has 0 spiro atoms. The molecule has 0 atom stereocenters. The number of nitrogens with one attached hydrogen (secondary N) is 1. The molecule has 0 radical (unpaired) electrons. The highest BCUT2D eigenvalue weighted by Crippen LogP contribution is 2.15. The standard InChI is InChI=1S/C12H22N4/c1-4-5-10-6-7-11(16-15-10)14-12(2,3)8-9-13/h6-7H,4-5,8-9,13H2,1-3H3,(H,14,16). The molecular weight excluding hydrogens is 200 g/mol. The summed E-state index contributed by atoms with van der Waals surface area (Å²) in [6.07, 6.45) is 2.99. The van der Waals surface area contributed by atoms with Gasteiger partial charge < -0.3 is 11.1 Å². The topological polar surface area (TPSA) is 63.8 Å². The van der Waals surface area contributed by atoms with Gasteiger partial charge in [-0.15, -0.1) is 5.10 Å². The summed E-state index contributed by atoms with van der Waals surface area (Å²) in [5.41, 5.74) is 6.57. The number of aromatic nitrogens is 2. The SMILES string of the molecule is CCCc1ccc(NC(C)(C)CCN)nn1. The Morgan fingerprint density at radius 1 is 1.31 bits per heavy atom. The van der Waals surface area contributed by atoms with Crippen LogP contribution in [-0.4, -0.2) is 22.3 Å². The van der Waals surface area contributed by atoms with E-state index in [9.17, 15) is 0 Å². The van der Waals surface area contributed by atoms with Crippen LogP contribution in [0, 0.1) is 0 Å². The van der Waals surface area contributed by atoms with Crippen LogP contribution >= 0.6 is 0 Å². The van der Waals surface area contributed by atoms with E-state index in [2.05, 4.69) is 36.3 Å². The fourth-order valence-corrected chi connectivity index (χ4v) is 1.59. The Bertz CT molecular complexity index is 305. The van der Waals surface area contributed by atoms with Gasteiger partial charge >= 0.3 is 0 Å². The van der Waals surface area contributed by atoms with Gasteiger partial charge in [0.2, 0.25) is 0 Å². The van der Waals surface area contributed by atoms with E-state index in [1.807, 2.05) is 12.1 Å². The Balaban J connectivity index is 2.61. The van der Waals surface area contributed by atoms with Crippen molar-refractivity contribution in [3.05, 3.63) is 17.8 Å². The first kappa shape index (κ1) is 12.9. The second-order valence-corrected chi connectivity index (χ2v) is 4.71. The molecule has 0 aliphatic rings. The average molecular weight is 222 g/mol. The van der Waals surface area contributed by atoms with E-state index in [1.54, 1.807) is 0 Å². The van der Waals surface area contributed by atoms with Gasteiger partial charge in [0.25, 0.3) is 0 Å². The van der Waals surface area contributed by atoms with E-state index < -0.39 is 0 Å². The monoisotopic (exact) mass is 222 g/mol. The predicted molar refractivity (Wildman–Crippen MR) is 67.4 cm³/mol. The van der Waals surface area contributed by atoms with Crippen molar-refractivity contribution in [3.8, 4) is 0 Å². The lowest BCUT2D eigenvalue weighted by molar-refractivity contribution is 0.523. The number of hydrogen-bond acceptors (Lipinski definition) is 4. The minimum absolute atomic E-state index is 0.0320. The van der Waals surface area contributed by atoms with Crippen LogP contribution in [0.3, 0.4) is 0 Å². The molecule has 4 heteroatoms. The smallest absolute Gasteiger partial charge is 0.149 e. The minimum atomic E-state index is -0.0320. The normalized spacial score (nSPS) is 11.5. The summed E-state index contributed by atoms with van der Waals surface area (Å²) in [4.78, 5) is 0. The van der Waals surface area contributed by atoms with Crippen LogP contribution in [0.15, 0.2) is 12.1 Å². The van der Waals surface area contributed by atoms with Gasteiger partial charge in [0.1, 0.15) is 5.82 Å². The largest absolute Gasteiger partial charge is 0.364 e. The molecule has 4 nitrogen and oxygen atoms in total. The lowest BCUT2D eigenvalue weighted by atomic mass is 10.0. The third-order valence-corrected chi connectivity index (χ3v) is 2.46. The first-order chi connectivity index (χ1) is 7.57. The minimum Gasteiger partial charge on any atom is -0.364 e. The second-order valence-electron chi connectivity index (χ2n) is 4.71. The first-order valence-corrected chi connectivity index (χ1v) is 5.88. The highest BCUT2D eigenvalue weighted by Gasteiger charge is 2.16. The van der Waals surface area contributed by atoms with E-state index in [0.717, 1.165) is 30.8 Å². The predicted octanol–water partition coefficient (Wildman–Crippen LogP) is 1.97. The molecule has 0 bridgehead atoms. The Morgan fingerprint density at radius 3 is 2.56 bits per heavy atom. The Kier molecular flexibility index (Phi) is 4.68. The van der Waals surface area contributed by atoms with E-state index >= 15 is 0 Å². The van der Waals surface area contributed by atoms with Crippen LogP contribution in [0.2, 0.25) is 0 Å². The molecular formula is C12H22N4. The van der Waals surface area contributed by atoms with Crippen LogP contribution in [0.1, 0.15) is 39.3 Å². The molecule has 0 saturated carbocycles. The van der Waals surface area contributed by atoms with Gasteiger partial charge in [-0.2, -0.15) is 5.10 Å². The van der Waals surface area contributed by atoms with Crippen LogP contribution in [0.4, 0.5) is 5.82 Å². The summed E-state index contributed by atoms with van der Waals surface area (Å²) in [6.45, 7) is 7.03. The van der Waals surface area contributed by atoms with E-state index in [1.165, 1.54) is 0 Å². The van der Waals surface area contributed by atoms with Crippen molar-refractivity contribution in [3.63, 3.8) is 0 Å². The quantitative estimate of drug-likeness (QED) is 0.772. The molecule has 0 aliphatic heterocycles. The van der Waals surface area contributed by atoms with Crippen LogP contribution in [0.25, 0.3) is 0 Å². The Labute approximate surface area is 97.6 Å². The zero-order chi connectivity index (χ0) is 12.0. The Morgan fingerprint density at radius 2 is 2.06 bits per heavy atom. The van der Waals surface area contributed by atoms with Crippen molar-refractivity contribution in [2.75, 3.05) is 11.9 Å². The molecule has 16 heavy (non-hydrogen) atoms. The zero-order valence-electron chi connectivity index (χ0n) is 10.5. The van der Waals surface area contributed by atoms with Gasteiger partial charge in [-0.25, -0.2) is 0 Å². The fourth-order valence-electron chi connectivity index (χ4n) is 1.59. The number of nitrogens with two attached hydrogens (primary N) is 1. The maximum atomic E-state index is 5.56. The molecule has 3 N–H and O–H groups in total. The first-order valence-electron chi connectivity index (χ1n) is 5.88. The Hall–Kier alpha value is -1.16. The van der Waals surface area contributed by atoms with Crippen LogP contribution < -0.4 is 11.1 Å². The van der Waals surface area contributed by atoms with Crippen molar-refractivity contribution in [1.82, 2.24) is 10.2 Å². The summed E-state index contributed by atoms with van der Waals surface area (Å²) in [7, 11) is 0. The molecule has 1 heterocycles. The second kappa shape index (κ2) is 5.80. The summed E-state index contributed by atoms with van der Waals surface area (Å²) in [5, 5.41) is 11.7. The van der Waals surface area contributed by atoms with Gasteiger partial charge in [-0.05, 0) is 45.4 Å². The highest BCUT2D eigenvalue weighted by atomic mass is 15.2. The van der Waals surface area contributed by atoms with Crippen LogP contribution in [0.5, 0.6) is 0 Å². The van der Waals surface area contributed by atoms with Gasteiger partial charge in [-0.1, -0.05) is 13.3 Å². The molecule has 1 aromatic heterocycles. The molecule has 1 rings (SSSR count). The number of hydrogen-bond donors (Lipinski definition) is 2. The van der Waals surface area contributed by atoms with Crippen molar-refractivity contribution < 1.29 is 0 Å². The lowest BCUT2D eigenvalue weighted by Gasteiger charge is -2.25. The van der Waals surface area contributed by atoms with Gasteiger partial charge in [0.05, 0.1) is 5.69 Å². The van der Waals surface area contributed by atoms with Crippen molar-refractivity contribution >= 4 is 5.82 Å². The number of rotatable bonds is 6. The van der Waals surface area contributed by atoms with Gasteiger partial charge in [-0.3, -0.25) is 0 Å². The fraction of sp³-hybridized carbons (Fsp3) is 0.667. The maximum Gasteiger partial charge on any atom is 0.149 e. The maximum absolute atomic E-state index is 5.56. The number of aryl methyl sites for hydroxylation is 1. The number of anilines is 1. The summed E-state index contributed by atoms with van der Waals surface area (Å²) in [5.74, 6) is 0.818. The molecule has 90 valence electrons. The van der Waals surface area contributed by atoms with Crippen molar-refractivity contribution in [2.24, 2.45) is 5.73 Å². The third-order valence-electron chi connectivity index (χ3n) is 2.46. The molecule has 0 aliphatic carbocycles. The van der Waals surface area contributed by atoms with Crippen molar-refractivity contribution in [1.29, 1.82) is 0 Å². The molecule has 0 amide bonds. The summed E-state index contributed by atoms with van der Waals surface area (Å²) >= 11 is 0. The summed E-state index contributed by atoms with van der Waals surface area (Å²) < 4.78 is 0.